The van der Waals surface area contributed by atoms with Crippen LogP contribution in [0.4, 0.5) is 11.4 Å². The maximum absolute atomic E-state index is 12.2. The van der Waals surface area contributed by atoms with Crippen molar-refractivity contribution in [2.45, 2.75) is 6.61 Å². The molecule has 1 aromatic heterocycles. The summed E-state index contributed by atoms with van der Waals surface area (Å²) in [5.74, 6) is 0.458. The van der Waals surface area contributed by atoms with Crippen LogP contribution < -0.4 is 15.2 Å². The molecular weight excluding hydrogens is 398 g/mol. The highest BCUT2D eigenvalue weighted by Crippen LogP contribution is 2.39. The van der Waals surface area contributed by atoms with E-state index in [0.29, 0.717) is 22.2 Å². The average molecular weight is 415 g/mol. The summed E-state index contributed by atoms with van der Waals surface area (Å²) in [6.07, 6.45) is 0. The number of methoxy groups -OCH3 is 2. The van der Waals surface area contributed by atoms with E-state index in [2.05, 4.69) is 4.98 Å². The highest BCUT2D eigenvalue weighted by atomic mass is 32.1. The third-order valence-electron chi connectivity index (χ3n) is 4.00. The number of anilines is 1. The van der Waals surface area contributed by atoms with Gasteiger partial charge in [0.2, 0.25) is 0 Å². The van der Waals surface area contributed by atoms with Crippen molar-refractivity contribution in [3.8, 4) is 22.1 Å². The first-order valence-electron chi connectivity index (χ1n) is 8.31. The SMILES string of the molecule is COc1cccc(-c2nc(COC(=O)c3ccc([N+](=O)[O-])cc3N)cs2)c1OC. The Bertz CT molecular complexity index is 1070. The molecule has 29 heavy (non-hydrogen) atoms. The van der Waals surface area contributed by atoms with Gasteiger partial charge in [-0.25, -0.2) is 9.78 Å². The van der Waals surface area contributed by atoms with Crippen LogP contribution in [0.25, 0.3) is 10.6 Å². The monoisotopic (exact) mass is 415 g/mol. The minimum atomic E-state index is -0.689. The van der Waals surface area contributed by atoms with Gasteiger partial charge in [-0.3, -0.25) is 10.1 Å². The molecule has 0 bridgehead atoms. The second kappa shape index (κ2) is 8.57. The molecule has 0 radical (unpaired) electrons. The number of thiazole rings is 1. The van der Waals surface area contributed by atoms with Crippen LogP contribution in [0.3, 0.4) is 0 Å². The van der Waals surface area contributed by atoms with Crippen LogP contribution in [0.2, 0.25) is 0 Å². The van der Waals surface area contributed by atoms with Gasteiger partial charge in [0.25, 0.3) is 5.69 Å². The molecule has 0 saturated heterocycles. The number of nitrogen functional groups attached to an aromatic ring is 1. The van der Waals surface area contributed by atoms with E-state index in [9.17, 15) is 14.9 Å². The number of carbonyl (C=O) groups is 1. The molecule has 3 aromatic rings. The van der Waals surface area contributed by atoms with Crippen LogP contribution in [0.5, 0.6) is 11.5 Å². The van der Waals surface area contributed by atoms with Gasteiger partial charge >= 0.3 is 5.97 Å². The van der Waals surface area contributed by atoms with Crippen molar-refractivity contribution in [2.75, 3.05) is 20.0 Å². The van der Waals surface area contributed by atoms with Crippen molar-refractivity contribution in [1.82, 2.24) is 4.98 Å². The van der Waals surface area contributed by atoms with Gasteiger partial charge in [-0.2, -0.15) is 0 Å². The number of hydrogen-bond donors (Lipinski definition) is 1. The second-order valence-corrected chi connectivity index (χ2v) is 6.65. The fourth-order valence-corrected chi connectivity index (χ4v) is 3.45. The van der Waals surface area contributed by atoms with Crippen LogP contribution >= 0.6 is 11.3 Å². The van der Waals surface area contributed by atoms with Crippen molar-refractivity contribution < 1.29 is 23.9 Å². The number of esters is 1. The van der Waals surface area contributed by atoms with Crippen LogP contribution in [0, 0.1) is 10.1 Å². The third-order valence-corrected chi connectivity index (χ3v) is 4.93. The third kappa shape index (κ3) is 4.27. The molecule has 0 aliphatic carbocycles. The number of ether oxygens (including phenoxy) is 3. The zero-order chi connectivity index (χ0) is 21.0. The molecule has 0 aliphatic rings. The van der Waals surface area contributed by atoms with E-state index < -0.39 is 10.9 Å². The number of nitro benzene ring substituents is 1. The summed E-state index contributed by atoms with van der Waals surface area (Å²) in [5, 5.41) is 13.2. The van der Waals surface area contributed by atoms with Gasteiger partial charge in [-0.1, -0.05) is 6.07 Å². The van der Waals surface area contributed by atoms with Crippen LogP contribution in [-0.4, -0.2) is 30.1 Å². The second-order valence-electron chi connectivity index (χ2n) is 5.79. The number of rotatable bonds is 7. The zero-order valence-corrected chi connectivity index (χ0v) is 16.4. The molecule has 0 atom stereocenters. The number of para-hydroxylation sites is 1. The molecule has 10 heteroatoms. The number of non-ortho nitro benzene ring substituents is 1. The summed E-state index contributed by atoms with van der Waals surface area (Å²) in [5.41, 5.74) is 6.86. The smallest absolute Gasteiger partial charge is 0.340 e. The summed E-state index contributed by atoms with van der Waals surface area (Å²) < 4.78 is 16.0. The van der Waals surface area contributed by atoms with Gasteiger partial charge in [0.05, 0.1) is 41.7 Å². The Kier molecular flexibility index (Phi) is 5.93. The van der Waals surface area contributed by atoms with E-state index in [1.165, 1.54) is 23.5 Å². The topological polar surface area (TPSA) is 127 Å². The summed E-state index contributed by atoms with van der Waals surface area (Å²) in [4.78, 5) is 26.9. The highest BCUT2D eigenvalue weighted by Gasteiger charge is 2.18. The number of nitro groups is 1. The van der Waals surface area contributed by atoms with Crippen molar-refractivity contribution in [2.24, 2.45) is 0 Å². The first-order valence-corrected chi connectivity index (χ1v) is 9.19. The summed E-state index contributed by atoms with van der Waals surface area (Å²) >= 11 is 1.37. The Morgan fingerprint density at radius 2 is 2.03 bits per heavy atom. The molecule has 0 spiro atoms. The molecule has 2 aromatic carbocycles. The lowest BCUT2D eigenvalue weighted by Crippen LogP contribution is -2.09. The molecule has 0 unspecified atom stereocenters. The van der Waals surface area contributed by atoms with Crippen LogP contribution in [0.15, 0.2) is 41.8 Å². The van der Waals surface area contributed by atoms with Gasteiger partial charge in [-0.05, 0) is 18.2 Å². The molecule has 9 nitrogen and oxygen atoms in total. The molecule has 0 saturated carbocycles. The first kappa shape index (κ1) is 20.1. The van der Waals surface area contributed by atoms with E-state index in [1.807, 2.05) is 12.1 Å². The minimum absolute atomic E-state index is 0.0238. The molecular formula is C19H17N3O6S. The van der Waals surface area contributed by atoms with Crippen molar-refractivity contribution in [3.05, 3.63) is 63.1 Å². The Morgan fingerprint density at radius 1 is 1.24 bits per heavy atom. The summed E-state index contributed by atoms with van der Waals surface area (Å²) in [6.45, 7) is -0.0714. The van der Waals surface area contributed by atoms with Gasteiger partial charge in [0.15, 0.2) is 11.5 Å². The van der Waals surface area contributed by atoms with Crippen molar-refractivity contribution >= 4 is 28.7 Å². The van der Waals surface area contributed by atoms with Gasteiger partial charge in [-0.15, -0.1) is 11.3 Å². The van der Waals surface area contributed by atoms with E-state index in [1.54, 1.807) is 25.7 Å². The lowest BCUT2D eigenvalue weighted by Gasteiger charge is -2.10. The maximum Gasteiger partial charge on any atom is 0.340 e. The normalized spacial score (nSPS) is 10.4. The van der Waals surface area contributed by atoms with E-state index >= 15 is 0 Å². The van der Waals surface area contributed by atoms with Crippen molar-refractivity contribution in [3.63, 3.8) is 0 Å². The Morgan fingerprint density at radius 3 is 2.69 bits per heavy atom. The van der Waals surface area contributed by atoms with E-state index in [4.69, 9.17) is 19.9 Å². The number of aromatic nitrogens is 1. The number of nitrogens with two attached hydrogens (primary N) is 1. The molecule has 0 aliphatic heterocycles. The predicted molar refractivity (Wildman–Crippen MR) is 107 cm³/mol. The number of hydrogen-bond acceptors (Lipinski definition) is 9. The minimum Gasteiger partial charge on any atom is -0.493 e. The molecule has 0 amide bonds. The quantitative estimate of drug-likeness (QED) is 0.268. The van der Waals surface area contributed by atoms with Crippen molar-refractivity contribution in [1.29, 1.82) is 0 Å². The lowest BCUT2D eigenvalue weighted by atomic mass is 10.1. The molecule has 150 valence electrons. The fraction of sp³-hybridized carbons (Fsp3) is 0.158. The Hall–Kier alpha value is -3.66. The van der Waals surface area contributed by atoms with E-state index in [-0.39, 0.29) is 23.5 Å². The average Bonchev–Trinajstić information content (AvgIpc) is 3.20. The van der Waals surface area contributed by atoms with Crippen LogP contribution in [-0.2, 0) is 11.3 Å². The summed E-state index contributed by atoms with van der Waals surface area (Å²) in [6, 6.07) is 9.05. The van der Waals surface area contributed by atoms with E-state index in [0.717, 1.165) is 11.6 Å². The molecule has 1 heterocycles. The summed E-state index contributed by atoms with van der Waals surface area (Å²) in [7, 11) is 3.10. The largest absolute Gasteiger partial charge is 0.493 e. The molecule has 3 rings (SSSR count). The first-order chi connectivity index (χ1) is 13.9. The van der Waals surface area contributed by atoms with Gasteiger partial charge in [0.1, 0.15) is 11.6 Å². The Balaban J connectivity index is 1.73. The molecule has 0 fully saturated rings. The van der Waals surface area contributed by atoms with Crippen LogP contribution in [0.1, 0.15) is 16.1 Å². The number of carbonyl (C=O) groups excluding carboxylic acids is 1. The lowest BCUT2D eigenvalue weighted by molar-refractivity contribution is -0.384. The maximum atomic E-state index is 12.2. The standard InChI is InChI=1S/C19H17N3O6S/c1-26-16-5-3-4-14(17(16)27-2)18-21-11(10-29-18)9-28-19(23)13-7-6-12(22(24)25)8-15(13)20/h3-8,10H,9,20H2,1-2H3. The molecule has 2 N–H and O–H groups in total. The highest BCUT2D eigenvalue weighted by molar-refractivity contribution is 7.13. The zero-order valence-electron chi connectivity index (χ0n) is 15.6. The van der Waals surface area contributed by atoms with Gasteiger partial charge < -0.3 is 19.9 Å². The van der Waals surface area contributed by atoms with Gasteiger partial charge in [0, 0.05) is 17.5 Å². The Labute approximate surface area is 169 Å². The fourth-order valence-electron chi connectivity index (χ4n) is 2.62. The predicted octanol–water partition coefficient (Wildman–Crippen LogP) is 3.67. The number of benzene rings is 2. The number of nitrogens with zero attached hydrogens (tertiary/aromatic N) is 2.